The van der Waals surface area contributed by atoms with Gasteiger partial charge in [0.2, 0.25) is 5.95 Å². The Balaban J connectivity index is 1.54. The SMILES string of the molecule is Cc1nc(-c2cc(C(F)(F)F)ccc2[C@H]2CCOc3cc(S(=O)(=O)Nc4cccc(F)n4)ccc32)co1. The zero-order valence-corrected chi connectivity index (χ0v) is 20.0. The number of nitrogens with zero attached hydrogens (tertiary/aromatic N) is 2. The van der Waals surface area contributed by atoms with Crippen LogP contribution in [0.25, 0.3) is 11.3 Å². The second kappa shape index (κ2) is 9.18. The van der Waals surface area contributed by atoms with Gasteiger partial charge in [0.1, 0.15) is 23.5 Å². The Kier molecular flexibility index (Phi) is 6.14. The number of aryl methyl sites for hydroxylation is 1. The van der Waals surface area contributed by atoms with Gasteiger partial charge < -0.3 is 9.15 Å². The molecule has 2 aromatic carbocycles. The van der Waals surface area contributed by atoms with Crippen molar-refractivity contribution in [1.82, 2.24) is 9.97 Å². The number of fused-ring (bicyclic) bond motifs is 1. The summed E-state index contributed by atoms with van der Waals surface area (Å²) in [5.74, 6) is -0.845. The number of benzene rings is 2. The monoisotopic (exact) mass is 533 g/mol. The Bertz CT molecular complexity index is 1590. The van der Waals surface area contributed by atoms with Crippen molar-refractivity contribution in [2.75, 3.05) is 11.3 Å². The molecule has 192 valence electrons. The lowest BCUT2D eigenvalue weighted by molar-refractivity contribution is -0.137. The van der Waals surface area contributed by atoms with Crippen LogP contribution in [0.4, 0.5) is 23.4 Å². The minimum absolute atomic E-state index is 0.141. The van der Waals surface area contributed by atoms with Crippen molar-refractivity contribution >= 4 is 15.8 Å². The van der Waals surface area contributed by atoms with Gasteiger partial charge in [0, 0.05) is 30.0 Å². The number of alkyl halides is 3. The van der Waals surface area contributed by atoms with Crippen LogP contribution < -0.4 is 9.46 Å². The zero-order valence-electron chi connectivity index (χ0n) is 19.2. The molecule has 37 heavy (non-hydrogen) atoms. The van der Waals surface area contributed by atoms with E-state index < -0.39 is 33.6 Å². The van der Waals surface area contributed by atoms with Crippen molar-refractivity contribution in [3.05, 3.63) is 89.4 Å². The number of oxazole rings is 1. The van der Waals surface area contributed by atoms with Crippen molar-refractivity contribution < 1.29 is 35.1 Å². The summed E-state index contributed by atoms with van der Waals surface area (Å²) in [6, 6.07) is 11.4. The van der Waals surface area contributed by atoms with Crippen molar-refractivity contribution in [3.63, 3.8) is 0 Å². The van der Waals surface area contributed by atoms with Crippen molar-refractivity contribution in [3.8, 4) is 17.0 Å². The fraction of sp³-hybridized carbons (Fsp3) is 0.200. The first-order valence-electron chi connectivity index (χ1n) is 11.1. The van der Waals surface area contributed by atoms with Crippen LogP contribution in [-0.4, -0.2) is 25.0 Å². The quantitative estimate of drug-likeness (QED) is 0.253. The summed E-state index contributed by atoms with van der Waals surface area (Å²) in [7, 11) is -4.12. The van der Waals surface area contributed by atoms with Gasteiger partial charge in [-0.05, 0) is 42.3 Å². The predicted molar refractivity (Wildman–Crippen MR) is 125 cm³/mol. The second-order valence-electron chi connectivity index (χ2n) is 8.39. The van der Waals surface area contributed by atoms with Crippen LogP contribution in [0.5, 0.6) is 5.75 Å². The fourth-order valence-corrected chi connectivity index (χ4v) is 5.28. The highest BCUT2D eigenvalue weighted by Crippen LogP contribution is 2.44. The highest BCUT2D eigenvalue weighted by molar-refractivity contribution is 7.92. The lowest BCUT2D eigenvalue weighted by Crippen LogP contribution is -2.19. The summed E-state index contributed by atoms with van der Waals surface area (Å²) in [4.78, 5) is 7.59. The smallest absolute Gasteiger partial charge is 0.416 e. The van der Waals surface area contributed by atoms with E-state index in [2.05, 4.69) is 14.7 Å². The molecule has 0 saturated heterocycles. The molecule has 4 aromatic rings. The summed E-state index contributed by atoms with van der Waals surface area (Å²) in [6.07, 6.45) is -2.80. The molecule has 0 unspecified atom stereocenters. The Morgan fingerprint density at radius 2 is 1.81 bits per heavy atom. The standard InChI is InChI=1S/C25H19F4N3O4S/c1-14-30-21(13-36-14)20-11-15(25(27,28)29)5-7-17(20)18-9-10-35-22-12-16(6-8-19(18)22)37(33,34)32-24-4-2-3-23(26)31-24/h2-8,11-13,18H,9-10H2,1H3,(H,31,32)/t18-/m1/s1. The molecule has 0 fully saturated rings. The van der Waals surface area contributed by atoms with Crippen molar-refractivity contribution in [1.29, 1.82) is 0 Å². The van der Waals surface area contributed by atoms with Gasteiger partial charge in [-0.25, -0.2) is 18.4 Å². The molecule has 0 spiro atoms. The van der Waals surface area contributed by atoms with E-state index >= 15 is 0 Å². The topological polar surface area (TPSA) is 94.3 Å². The molecule has 2 aromatic heterocycles. The number of rotatable bonds is 5. The number of sulfonamides is 1. The molecule has 0 radical (unpaired) electrons. The third-order valence-electron chi connectivity index (χ3n) is 5.94. The minimum atomic E-state index is -4.55. The van der Waals surface area contributed by atoms with Crippen LogP contribution in [0.15, 0.2) is 70.2 Å². The molecule has 0 bridgehead atoms. The summed E-state index contributed by atoms with van der Waals surface area (Å²) in [5.41, 5.74) is 0.884. The molecular weight excluding hydrogens is 514 g/mol. The fourth-order valence-electron chi connectivity index (χ4n) is 4.27. The molecule has 5 rings (SSSR count). The number of halogens is 4. The third kappa shape index (κ3) is 5.01. The Hall–Kier alpha value is -3.93. The summed E-state index contributed by atoms with van der Waals surface area (Å²) in [6.45, 7) is 1.80. The number of anilines is 1. The van der Waals surface area contributed by atoms with E-state index in [0.717, 1.165) is 18.2 Å². The van der Waals surface area contributed by atoms with E-state index in [-0.39, 0.29) is 34.3 Å². The van der Waals surface area contributed by atoms with Gasteiger partial charge in [-0.2, -0.15) is 17.6 Å². The molecule has 1 atom stereocenters. The molecule has 12 heteroatoms. The highest BCUT2D eigenvalue weighted by Gasteiger charge is 2.34. The van der Waals surface area contributed by atoms with Gasteiger partial charge >= 0.3 is 6.18 Å². The Morgan fingerprint density at radius 3 is 2.51 bits per heavy atom. The van der Waals surface area contributed by atoms with E-state index in [0.29, 0.717) is 23.4 Å². The van der Waals surface area contributed by atoms with Crippen molar-refractivity contribution in [2.24, 2.45) is 0 Å². The predicted octanol–water partition coefficient (Wildman–Crippen LogP) is 5.92. The van der Waals surface area contributed by atoms with E-state index in [1.54, 1.807) is 13.0 Å². The summed E-state index contributed by atoms with van der Waals surface area (Å²) in [5, 5.41) is 0. The van der Waals surface area contributed by atoms with Crippen LogP contribution in [0.3, 0.4) is 0 Å². The van der Waals surface area contributed by atoms with Crippen LogP contribution >= 0.6 is 0 Å². The number of hydrogen-bond acceptors (Lipinski definition) is 6. The molecule has 3 heterocycles. The van der Waals surface area contributed by atoms with E-state index in [1.165, 1.54) is 36.6 Å². The largest absolute Gasteiger partial charge is 0.493 e. The maximum absolute atomic E-state index is 13.5. The number of pyridine rings is 1. The maximum atomic E-state index is 13.5. The first-order valence-corrected chi connectivity index (χ1v) is 12.6. The number of aromatic nitrogens is 2. The number of nitrogens with one attached hydrogen (secondary N) is 1. The maximum Gasteiger partial charge on any atom is 0.416 e. The molecule has 1 aliphatic rings. The molecule has 1 aliphatic heterocycles. The van der Waals surface area contributed by atoms with Crippen LogP contribution in [0.1, 0.15) is 34.9 Å². The van der Waals surface area contributed by atoms with Gasteiger partial charge in [0.15, 0.2) is 5.89 Å². The summed E-state index contributed by atoms with van der Waals surface area (Å²) < 4.78 is 92.8. The zero-order chi connectivity index (χ0) is 26.4. The molecule has 0 amide bonds. The normalized spacial score (nSPS) is 15.6. The lowest BCUT2D eigenvalue weighted by atomic mass is 9.83. The number of hydrogen-bond donors (Lipinski definition) is 1. The number of ether oxygens (including phenoxy) is 1. The van der Waals surface area contributed by atoms with E-state index in [9.17, 15) is 26.0 Å². The molecule has 1 N–H and O–H groups in total. The average Bonchev–Trinajstić information content (AvgIpc) is 3.28. The first-order chi connectivity index (χ1) is 17.5. The Morgan fingerprint density at radius 1 is 1.03 bits per heavy atom. The Labute approximate surface area is 209 Å². The minimum Gasteiger partial charge on any atom is -0.493 e. The van der Waals surface area contributed by atoms with Gasteiger partial charge in [0.05, 0.1) is 17.1 Å². The third-order valence-corrected chi connectivity index (χ3v) is 7.29. The van der Waals surface area contributed by atoms with Gasteiger partial charge in [0.25, 0.3) is 10.0 Å². The molecule has 7 nitrogen and oxygen atoms in total. The van der Waals surface area contributed by atoms with Crippen molar-refractivity contribution in [2.45, 2.75) is 30.3 Å². The first kappa shape index (κ1) is 24.8. The van der Waals surface area contributed by atoms with Gasteiger partial charge in [-0.3, -0.25) is 4.72 Å². The second-order valence-corrected chi connectivity index (χ2v) is 10.1. The molecular formula is C25H19F4N3O4S. The van der Waals surface area contributed by atoms with Gasteiger partial charge in [-0.15, -0.1) is 0 Å². The average molecular weight is 534 g/mol. The van der Waals surface area contributed by atoms with E-state index in [4.69, 9.17) is 9.15 Å². The summed E-state index contributed by atoms with van der Waals surface area (Å²) >= 11 is 0. The van der Waals surface area contributed by atoms with E-state index in [1.807, 2.05) is 0 Å². The van der Waals surface area contributed by atoms with Crippen LogP contribution in [0, 0.1) is 12.9 Å². The van der Waals surface area contributed by atoms with Crippen LogP contribution in [0.2, 0.25) is 0 Å². The van der Waals surface area contributed by atoms with Gasteiger partial charge in [-0.1, -0.05) is 18.2 Å². The molecule has 0 aliphatic carbocycles. The molecule has 0 saturated carbocycles. The lowest BCUT2D eigenvalue weighted by Gasteiger charge is -2.28. The van der Waals surface area contributed by atoms with Crippen LogP contribution in [-0.2, 0) is 16.2 Å². The highest BCUT2D eigenvalue weighted by atomic mass is 32.2.